The molecule has 1 N–H and O–H groups in total. The van der Waals surface area contributed by atoms with Gasteiger partial charge < -0.3 is 10.1 Å². The third-order valence-corrected chi connectivity index (χ3v) is 3.45. The van der Waals surface area contributed by atoms with Crippen molar-refractivity contribution in [1.29, 1.82) is 0 Å². The largest absolute Gasteiger partial charge is 0.496 e. The molecule has 1 aromatic heterocycles. The molecule has 104 valence electrons. The zero-order valence-corrected chi connectivity index (χ0v) is 11.7. The molecule has 0 atom stereocenters. The van der Waals surface area contributed by atoms with Crippen LogP contribution < -0.4 is 10.1 Å². The van der Waals surface area contributed by atoms with Crippen LogP contribution in [0.3, 0.4) is 0 Å². The van der Waals surface area contributed by atoms with Gasteiger partial charge in [0, 0.05) is 30.8 Å². The summed E-state index contributed by atoms with van der Waals surface area (Å²) >= 11 is 0. The summed E-state index contributed by atoms with van der Waals surface area (Å²) in [7, 11) is 1.69. The third-order valence-electron chi connectivity index (χ3n) is 3.45. The molecule has 1 aliphatic carbocycles. The molecule has 0 saturated heterocycles. The predicted octanol–water partition coefficient (Wildman–Crippen LogP) is 2.33. The molecule has 1 saturated carbocycles. The van der Waals surface area contributed by atoms with Crippen molar-refractivity contribution in [3.63, 3.8) is 0 Å². The van der Waals surface area contributed by atoms with Gasteiger partial charge in [0.15, 0.2) is 0 Å². The topological polar surface area (TPSA) is 47.0 Å². The highest BCUT2D eigenvalue weighted by atomic mass is 16.5. The maximum absolute atomic E-state index is 5.37. The van der Waals surface area contributed by atoms with E-state index >= 15 is 0 Å². The van der Waals surface area contributed by atoms with Crippen LogP contribution in [0.4, 0.5) is 0 Å². The molecule has 0 aliphatic heterocycles. The van der Waals surface area contributed by atoms with Crippen molar-refractivity contribution in [2.24, 2.45) is 0 Å². The van der Waals surface area contributed by atoms with E-state index in [0.29, 0.717) is 12.5 Å². The molecular weight excluding hydrogens is 250 g/mol. The Balaban J connectivity index is 1.71. The van der Waals surface area contributed by atoms with Crippen molar-refractivity contribution in [3.05, 3.63) is 53.6 Å². The van der Waals surface area contributed by atoms with Gasteiger partial charge in [-0.1, -0.05) is 18.2 Å². The minimum Gasteiger partial charge on any atom is -0.496 e. The van der Waals surface area contributed by atoms with E-state index in [-0.39, 0.29) is 0 Å². The second-order valence-corrected chi connectivity index (χ2v) is 5.11. The lowest BCUT2D eigenvalue weighted by Gasteiger charge is -2.08. The Hall–Kier alpha value is -1.94. The second kappa shape index (κ2) is 6.01. The fraction of sp³-hybridized carbons (Fsp3) is 0.375. The van der Waals surface area contributed by atoms with E-state index < -0.39 is 0 Å². The number of hydrogen-bond acceptors (Lipinski definition) is 4. The van der Waals surface area contributed by atoms with Crippen molar-refractivity contribution in [2.75, 3.05) is 7.11 Å². The standard InChI is InChI=1S/C16H19N3O/c1-20-15-5-3-2-4-12(15)10-16-17-9-8-14(19-16)11-18-13-6-7-13/h2-5,8-9,13,18H,6-7,10-11H2,1H3. The molecule has 20 heavy (non-hydrogen) atoms. The van der Waals surface area contributed by atoms with Gasteiger partial charge in [-0.2, -0.15) is 0 Å². The summed E-state index contributed by atoms with van der Waals surface area (Å²) in [4.78, 5) is 8.97. The molecule has 0 spiro atoms. The Morgan fingerprint density at radius 3 is 2.90 bits per heavy atom. The lowest BCUT2D eigenvalue weighted by atomic mass is 10.1. The number of para-hydroxylation sites is 1. The van der Waals surface area contributed by atoms with Gasteiger partial charge in [-0.15, -0.1) is 0 Å². The molecule has 1 aliphatic rings. The number of methoxy groups -OCH3 is 1. The van der Waals surface area contributed by atoms with Gasteiger partial charge in [-0.05, 0) is 25.0 Å². The van der Waals surface area contributed by atoms with Crippen LogP contribution in [0, 0.1) is 0 Å². The lowest BCUT2D eigenvalue weighted by molar-refractivity contribution is 0.410. The van der Waals surface area contributed by atoms with Crippen LogP contribution in [0.15, 0.2) is 36.5 Å². The first kappa shape index (κ1) is 13.1. The zero-order chi connectivity index (χ0) is 13.8. The molecule has 1 aromatic carbocycles. The SMILES string of the molecule is COc1ccccc1Cc1nccc(CNC2CC2)n1. The zero-order valence-electron chi connectivity index (χ0n) is 11.7. The Kier molecular flexibility index (Phi) is 3.92. The summed E-state index contributed by atoms with van der Waals surface area (Å²) in [6.07, 6.45) is 5.11. The molecule has 3 rings (SSSR count). The second-order valence-electron chi connectivity index (χ2n) is 5.11. The molecule has 0 radical (unpaired) electrons. The van der Waals surface area contributed by atoms with E-state index in [0.717, 1.165) is 29.4 Å². The molecule has 0 bridgehead atoms. The van der Waals surface area contributed by atoms with Crippen LogP contribution in [0.5, 0.6) is 5.75 Å². The molecule has 4 heteroatoms. The fourth-order valence-electron chi connectivity index (χ4n) is 2.18. The summed E-state index contributed by atoms with van der Waals surface area (Å²) < 4.78 is 5.37. The molecule has 4 nitrogen and oxygen atoms in total. The van der Waals surface area contributed by atoms with Crippen molar-refractivity contribution in [1.82, 2.24) is 15.3 Å². The van der Waals surface area contributed by atoms with Gasteiger partial charge in [-0.3, -0.25) is 0 Å². The fourth-order valence-corrected chi connectivity index (χ4v) is 2.18. The molecule has 2 aromatic rings. The highest BCUT2D eigenvalue weighted by Gasteiger charge is 2.20. The van der Waals surface area contributed by atoms with Crippen LogP contribution in [-0.4, -0.2) is 23.1 Å². The van der Waals surface area contributed by atoms with Crippen molar-refractivity contribution >= 4 is 0 Å². The average Bonchev–Trinajstić information content (AvgIpc) is 3.30. The summed E-state index contributed by atoms with van der Waals surface area (Å²) in [6.45, 7) is 0.826. The smallest absolute Gasteiger partial charge is 0.133 e. The van der Waals surface area contributed by atoms with E-state index in [1.165, 1.54) is 12.8 Å². The Bertz CT molecular complexity index is 581. The number of aromatic nitrogens is 2. The van der Waals surface area contributed by atoms with Gasteiger partial charge >= 0.3 is 0 Å². The number of rotatable bonds is 6. The van der Waals surface area contributed by atoms with Gasteiger partial charge in [0.1, 0.15) is 11.6 Å². The van der Waals surface area contributed by atoms with E-state index in [9.17, 15) is 0 Å². The van der Waals surface area contributed by atoms with E-state index in [4.69, 9.17) is 4.74 Å². The molecule has 0 unspecified atom stereocenters. The minimum absolute atomic E-state index is 0.696. The normalized spacial score (nSPS) is 14.2. The monoisotopic (exact) mass is 269 g/mol. The van der Waals surface area contributed by atoms with Crippen molar-refractivity contribution < 1.29 is 4.74 Å². The van der Waals surface area contributed by atoms with Crippen LogP contribution in [0.25, 0.3) is 0 Å². The molecular formula is C16H19N3O. The Morgan fingerprint density at radius 1 is 1.25 bits per heavy atom. The number of nitrogens with one attached hydrogen (secondary N) is 1. The first-order valence-corrected chi connectivity index (χ1v) is 7.01. The Morgan fingerprint density at radius 2 is 2.10 bits per heavy atom. The summed E-state index contributed by atoms with van der Waals surface area (Å²) in [5, 5.41) is 3.47. The predicted molar refractivity (Wildman–Crippen MR) is 77.7 cm³/mol. The number of nitrogens with zero attached hydrogens (tertiary/aromatic N) is 2. The first-order chi connectivity index (χ1) is 9.85. The summed E-state index contributed by atoms with van der Waals surface area (Å²) in [6, 6.07) is 10.7. The summed E-state index contributed by atoms with van der Waals surface area (Å²) in [5.41, 5.74) is 2.17. The first-order valence-electron chi connectivity index (χ1n) is 7.01. The van der Waals surface area contributed by atoms with Crippen LogP contribution in [0.1, 0.15) is 29.9 Å². The summed E-state index contributed by atoms with van der Waals surface area (Å²) in [5.74, 6) is 1.72. The van der Waals surface area contributed by atoms with Gasteiger partial charge in [-0.25, -0.2) is 9.97 Å². The average molecular weight is 269 g/mol. The van der Waals surface area contributed by atoms with Crippen LogP contribution >= 0.6 is 0 Å². The number of ether oxygens (including phenoxy) is 1. The Labute approximate surface area is 119 Å². The van der Waals surface area contributed by atoms with E-state index in [1.807, 2.05) is 30.5 Å². The number of hydrogen-bond donors (Lipinski definition) is 1. The van der Waals surface area contributed by atoms with Gasteiger partial charge in [0.25, 0.3) is 0 Å². The maximum atomic E-state index is 5.37. The van der Waals surface area contributed by atoms with E-state index in [1.54, 1.807) is 7.11 Å². The quantitative estimate of drug-likeness (QED) is 0.874. The van der Waals surface area contributed by atoms with Crippen molar-refractivity contribution in [2.45, 2.75) is 31.8 Å². The molecule has 1 heterocycles. The van der Waals surface area contributed by atoms with Gasteiger partial charge in [0.05, 0.1) is 12.8 Å². The van der Waals surface area contributed by atoms with Crippen molar-refractivity contribution in [3.8, 4) is 5.75 Å². The maximum Gasteiger partial charge on any atom is 0.133 e. The van der Waals surface area contributed by atoms with Crippen LogP contribution in [0.2, 0.25) is 0 Å². The van der Waals surface area contributed by atoms with Crippen LogP contribution in [-0.2, 0) is 13.0 Å². The van der Waals surface area contributed by atoms with E-state index in [2.05, 4.69) is 21.4 Å². The van der Waals surface area contributed by atoms with Gasteiger partial charge in [0.2, 0.25) is 0 Å². The molecule has 0 amide bonds. The number of benzene rings is 1. The highest BCUT2D eigenvalue weighted by molar-refractivity contribution is 5.35. The molecule has 1 fully saturated rings. The lowest BCUT2D eigenvalue weighted by Crippen LogP contribution is -2.16. The minimum atomic E-state index is 0.696. The third kappa shape index (κ3) is 3.33. The highest BCUT2D eigenvalue weighted by Crippen LogP contribution is 2.20.